The first kappa shape index (κ1) is 17.5. The van der Waals surface area contributed by atoms with Gasteiger partial charge in [0.05, 0.1) is 12.5 Å². The Kier molecular flexibility index (Phi) is 6.16. The minimum atomic E-state index is -0.757. The highest BCUT2D eigenvalue weighted by atomic mass is 16.4. The second-order valence-electron chi connectivity index (χ2n) is 6.51. The van der Waals surface area contributed by atoms with Crippen molar-refractivity contribution in [2.24, 2.45) is 5.92 Å². The number of rotatable bonds is 6. The molecule has 1 unspecified atom stereocenters. The average molecular weight is 318 g/mol. The molecule has 1 saturated heterocycles. The highest BCUT2D eigenvalue weighted by molar-refractivity contribution is 5.78. The van der Waals surface area contributed by atoms with Crippen LogP contribution in [0.25, 0.3) is 0 Å². The summed E-state index contributed by atoms with van der Waals surface area (Å²) < 4.78 is 0. The number of likely N-dealkylation sites (tertiary alicyclic amines) is 1. The maximum absolute atomic E-state index is 12.7. The molecule has 1 aromatic carbocycles. The molecule has 1 N–H and O–H groups in total. The fourth-order valence-corrected chi connectivity index (χ4v) is 3.02. The second kappa shape index (κ2) is 8.11. The molecule has 126 valence electrons. The molecule has 1 aromatic rings. The Balaban J connectivity index is 1.97. The number of carboxylic acids is 1. The van der Waals surface area contributed by atoms with E-state index in [0.29, 0.717) is 26.1 Å². The van der Waals surface area contributed by atoms with Crippen molar-refractivity contribution < 1.29 is 14.7 Å². The van der Waals surface area contributed by atoms with Gasteiger partial charge < -0.3 is 10.0 Å². The van der Waals surface area contributed by atoms with E-state index < -0.39 is 5.97 Å². The van der Waals surface area contributed by atoms with E-state index in [1.807, 2.05) is 54.0 Å². The Morgan fingerprint density at radius 3 is 2.61 bits per heavy atom. The van der Waals surface area contributed by atoms with Gasteiger partial charge in [0.1, 0.15) is 0 Å². The van der Waals surface area contributed by atoms with Gasteiger partial charge in [-0.1, -0.05) is 30.3 Å². The lowest BCUT2D eigenvalue weighted by Crippen LogP contribution is -2.47. The van der Waals surface area contributed by atoms with E-state index in [9.17, 15) is 9.59 Å². The molecule has 0 bridgehead atoms. The van der Waals surface area contributed by atoms with Crippen molar-refractivity contribution in [2.75, 3.05) is 19.6 Å². The Bertz CT molecular complexity index is 530. The molecule has 1 atom stereocenters. The molecular weight excluding hydrogens is 292 g/mol. The molecule has 2 rings (SSSR count). The number of carbonyl (C=O) groups is 2. The first-order chi connectivity index (χ1) is 11.0. The summed E-state index contributed by atoms with van der Waals surface area (Å²) in [5.74, 6) is -1.04. The van der Waals surface area contributed by atoms with E-state index in [-0.39, 0.29) is 17.9 Å². The molecule has 0 aromatic heterocycles. The van der Waals surface area contributed by atoms with E-state index in [0.717, 1.165) is 18.5 Å². The molecule has 1 amide bonds. The Morgan fingerprint density at radius 2 is 2.00 bits per heavy atom. The zero-order valence-electron chi connectivity index (χ0n) is 13.9. The fourth-order valence-electron chi connectivity index (χ4n) is 3.02. The van der Waals surface area contributed by atoms with Gasteiger partial charge in [-0.3, -0.25) is 14.5 Å². The quantitative estimate of drug-likeness (QED) is 0.874. The maximum Gasteiger partial charge on any atom is 0.307 e. The minimum absolute atomic E-state index is 0.0647. The molecule has 1 aliphatic rings. The van der Waals surface area contributed by atoms with E-state index in [1.165, 1.54) is 0 Å². The van der Waals surface area contributed by atoms with Crippen LogP contribution in [0.3, 0.4) is 0 Å². The van der Waals surface area contributed by atoms with Crippen LogP contribution in [0.15, 0.2) is 30.3 Å². The first-order valence-corrected chi connectivity index (χ1v) is 8.26. The van der Waals surface area contributed by atoms with Gasteiger partial charge >= 0.3 is 5.97 Å². The van der Waals surface area contributed by atoms with Crippen LogP contribution in [0.5, 0.6) is 0 Å². The number of aliphatic carboxylic acids is 1. The summed E-state index contributed by atoms with van der Waals surface area (Å²) in [7, 11) is 0. The monoisotopic (exact) mass is 318 g/mol. The molecular formula is C18H26N2O3. The third-order valence-corrected chi connectivity index (χ3v) is 4.35. The van der Waals surface area contributed by atoms with Crippen LogP contribution in [-0.4, -0.2) is 52.5 Å². The average Bonchev–Trinajstić information content (AvgIpc) is 2.53. The minimum Gasteiger partial charge on any atom is -0.481 e. The number of carboxylic acid groups (broad SMARTS) is 1. The molecule has 0 spiro atoms. The van der Waals surface area contributed by atoms with Gasteiger partial charge in [-0.25, -0.2) is 0 Å². The molecule has 0 saturated carbocycles. The zero-order chi connectivity index (χ0) is 16.8. The van der Waals surface area contributed by atoms with Crippen molar-refractivity contribution in [1.29, 1.82) is 0 Å². The number of nitrogens with zero attached hydrogens (tertiary/aromatic N) is 2. The topological polar surface area (TPSA) is 60.9 Å². The van der Waals surface area contributed by atoms with Crippen molar-refractivity contribution >= 4 is 11.9 Å². The normalized spacial score (nSPS) is 18.8. The summed E-state index contributed by atoms with van der Waals surface area (Å²) >= 11 is 0. The number of piperidine rings is 1. The van der Waals surface area contributed by atoms with E-state index in [1.54, 1.807) is 0 Å². The van der Waals surface area contributed by atoms with Crippen LogP contribution < -0.4 is 0 Å². The SMILES string of the molecule is CC(C)N(Cc1ccccc1)C(=O)CN1CCCC(C(=O)O)C1. The summed E-state index contributed by atoms with van der Waals surface area (Å²) in [4.78, 5) is 27.7. The second-order valence-corrected chi connectivity index (χ2v) is 6.51. The van der Waals surface area contributed by atoms with Crippen molar-refractivity contribution in [1.82, 2.24) is 9.80 Å². The standard InChI is InChI=1S/C18H26N2O3/c1-14(2)20(11-15-7-4-3-5-8-15)17(21)13-19-10-6-9-16(12-19)18(22)23/h3-5,7-8,14,16H,6,9-13H2,1-2H3,(H,22,23). The number of carbonyl (C=O) groups excluding carboxylic acids is 1. The van der Waals surface area contributed by atoms with Crippen LogP contribution in [0.2, 0.25) is 0 Å². The van der Waals surface area contributed by atoms with Gasteiger partial charge in [-0.15, -0.1) is 0 Å². The molecule has 1 heterocycles. The third-order valence-electron chi connectivity index (χ3n) is 4.35. The molecule has 0 aliphatic carbocycles. The van der Waals surface area contributed by atoms with Crippen molar-refractivity contribution in [2.45, 2.75) is 39.3 Å². The first-order valence-electron chi connectivity index (χ1n) is 8.26. The van der Waals surface area contributed by atoms with Gasteiger partial charge in [0.25, 0.3) is 0 Å². The maximum atomic E-state index is 12.7. The third kappa shape index (κ3) is 5.06. The van der Waals surface area contributed by atoms with E-state index in [4.69, 9.17) is 5.11 Å². The largest absolute Gasteiger partial charge is 0.481 e. The smallest absolute Gasteiger partial charge is 0.307 e. The Labute approximate surface area is 137 Å². The van der Waals surface area contributed by atoms with Crippen LogP contribution in [0.4, 0.5) is 0 Å². The molecule has 1 aliphatic heterocycles. The highest BCUT2D eigenvalue weighted by Gasteiger charge is 2.28. The summed E-state index contributed by atoms with van der Waals surface area (Å²) in [5, 5.41) is 9.16. The molecule has 23 heavy (non-hydrogen) atoms. The predicted octanol–water partition coefficient (Wildman–Crippen LogP) is 2.22. The molecule has 1 fully saturated rings. The van der Waals surface area contributed by atoms with Crippen molar-refractivity contribution in [3.8, 4) is 0 Å². The van der Waals surface area contributed by atoms with Crippen LogP contribution in [0.1, 0.15) is 32.3 Å². The van der Waals surface area contributed by atoms with Gasteiger partial charge in [-0.05, 0) is 38.8 Å². The summed E-state index contributed by atoms with van der Waals surface area (Å²) in [6.07, 6.45) is 1.54. The fraction of sp³-hybridized carbons (Fsp3) is 0.556. The number of hydrogen-bond donors (Lipinski definition) is 1. The number of benzene rings is 1. The Morgan fingerprint density at radius 1 is 1.30 bits per heavy atom. The van der Waals surface area contributed by atoms with E-state index >= 15 is 0 Å². The lowest BCUT2D eigenvalue weighted by atomic mass is 9.98. The summed E-state index contributed by atoms with van der Waals surface area (Å²) in [5.41, 5.74) is 1.11. The van der Waals surface area contributed by atoms with Gasteiger partial charge in [-0.2, -0.15) is 0 Å². The van der Waals surface area contributed by atoms with Gasteiger partial charge in [0.2, 0.25) is 5.91 Å². The van der Waals surface area contributed by atoms with Gasteiger partial charge in [0.15, 0.2) is 0 Å². The number of amides is 1. The van der Waals surface area contributed by atoms with E-state index in [2.05, 4.69) is 0 Å². The molecule has 5 nitrogen and oxygen atoms in total. The van der Waals surface area contributed by atoms with Crippen molar-refractivity contribution in [3.05, 3.63) is 35.9 Å². The Hall–Kier alpha value is -1.88. The van der Waals surface area contributed by atoms with Gasteiger partial charge in [0, 0.05) is 19.1 Å². The summed E-state index contributed by atoms with van der Waals surface area (Å²) in [6.45, 7) is 6.18. The highest BCUT2D eigenvalue weighted by Crippen LogP contribution is 2.17. The number of hydrogen-bond acceptors (Lipinski definition) is 3. The lowest BCUT2D eigenvalue weighted by Gasteiger charge is -2.33. The zero-order valence-corrected chi connectivity index (χ0v) is 13.9. The van der Waals surface area contributed by atoms with Crippen molar-refractivity contribution in [3.63, 3.8) is 0 Å². The van der Waals surface area contributed by atoms with Crippen LogP contribution in [-0.2, 0) is 16.1 Å². The van der Waals surface area contributed by atoms with Crippen LogP contribution in [0, 0.1) is 5.92 Å². The molecule has 5 heteroatoms. The van der Waals surface area contributed by atoms with Crippen LogP contribution >= 0.6 is 0 Å². The predicted molar refractivity (Wildman–Crippen MR) is 88.9 cm³/mol. The lowest BCUT2D eigenvalue weighted by molar-refractivity contribution is -0.145. The molecule has 0 radical (unpaired) electrons. The summed E-state index contributed by atoms with van der Waals surface area (Å²) in [6, 6.07) is 10.1.